The van der Waals surface area contributed by atoms with Gasteiger partial charge in [-0.05, 0) is 37.5 Å². The molecular formula is C16H18N2O3S. The number of benzene rings is 1. The number of thiazole rings is 1. The van der Waals surface area contributed by atoms with Gasteiger partial charge in [-0.2, -0.15) is 0 Å². The first-order valence-corrected chi connectivity index (χ1v) is 7.89. The van der Waals surface area contributed by atoms with E-state index in [9.17, 15) is 9.59 Å². The molecule has 0 atom stereocenters. The number of aromatic nitrogens is 1. The van der Waals surface area contributed by atoms with Gasteiger partial charge in [0.05, 0.1) is 17.1 Å². The highest BCUT2D eigenvalue weighted by Crippen LogP contribution is 2.21. The van der Waals surface area contributed by atoms with Crippen molar-refractivity contribution in [2.24, 2.45) is 0 Å². The molecule has 2 N–H and O–H groups in total. The zero-order valence-corrected chi connectivity index (χ0v) is 13.4. The molecule has 2 rings (SSSR count). The molecule has 0 fully saturated rings. The van der Waals surface area contributed by atoms with E-state index >= 15 is 0 Å². The van der Waals surface area contributed by atoms with Gasteiger partial charge in [-0.15, -0.1) is 11.3 Å². The van der Waals surface area contributed by atoms with Gasteiger partial charge in [0, 0.05) is 5.69 Å². The molecular weight excluding hydrogens is 300 g/mol. The Morgan fingerprint density at radius 2 is 2.14 bits per heavy atom. The number of amides is 1. The Morgan fingerprint density at radius 3 is 2.82 bits per heavy atom. The van der Waals surface area contributed by atoms with Gasteiger partial charge in [0.25, 0.3) is 5.91 Å². The van der Waals surface area contributed by atoms with Crippen LogP contribution in [0.5, 0.6) is 0 Å². The number of hydrogen-bond acceptors (Lipinski definition) is 4. The lowest BCUT2D eigenvalue weighted by atomic mass is 10.1. The van der Waals surface area contributed by atoms with Crippen LogP contribution < -0.4 is 5.32 Å². The third-order valence-corrected chi connectivity index (χ3v) is 4.27. The molecule has 0 saturated heterocycles. The van der Waals surface area contributed by atoms with Gasteiger partial charge in [-0.3, -0.25) is 9.59 Å². The lowest BCUT2D eigenvalue weighted by Gasteiger charge is -2.05. The molecule has 0 aliphatic heterocycles. The van der Waals surface area contributed by atoms with Crippen molar-refractivity contribution in [2.45, 2.75) is 33.1 Å². The van der Waals surface area contributed by atoms with Crippen LogP contribution in [0.1, 0.15) is 39.3 Å². The summed E-state index contributed by atoms with van der Waals surface area (Å²) in [6, 6.07) is 6.87. The van der Waals surface area contributed by atoms with Crippen molar-refractivity contribution in [1.82, 2.24) is 4.98 Å². The lowest BCUT2D eigenvalue weighted by molar-refractivity contribution is -0.136. The molecule has 0 unspecified atom stereocenters. The van der Waals surface area contributed by atoms with E-state index in [1.165, 1.54) is 11.3 Å². The molecule has 0 spiro atoms. The fraction of sp³-hybridized carbons (Fsp3) is 0.312. The number of nitrogens with zero attached hydrogens (tertiary/aromatic N) is 1. The highest BCUT2D eigenvalue weighted by atomic mass is 32.1. The van der Waals surface area contributed by atoms with Crippen LogP contribution in [0.15, 0.2) is 24.3 Å². The van der Waals surface area contributed by atoms with Crippen molar-refractivity contribution < 1.29 is 14.7 Å². The third kappa shape index (κ3) is 4.14. The summed E-state index contributed by atoms with van der Waals surface area (Å²) in [7, 11) is 0. The van der Waals surface area contributed by atoms with Crippen molar-refractivity contribution in [3.63, 3.8) is 0 Å². The number of aliphatic carboxylic acids is 1. The Morgan fingerprint density at radius 1 is 1.36 bits per heavy atom. The maximum Gasteiger partial charge on any atom is 0.307 e. The summed E-state index contributed by atoms with van der Waals surface area (Å²) in [4.78, 5) is 28.1. The van der Waals surface area contributed by atoms with E-state index in [4.69, 9.17) is 5.11 Å². The largest absolute Gasteiger partial charge is 0.481 e. The zero-order chi connectivity index (χ0) is 16.1. The Labute approximate surface area is 133 Å². The average Bonchev–Trinajstić information content (AvgIpc) is 2.80. The Hall–Kier alpha value is -2.21. The zero-order valence-electron chi connectivity index (χ0n) is 12.5. The quantitative estimate of drug-likeness (QED) is 0.856. The first-order chi connectivity index (χ1) is 10.5. The molecule has 0 aliphatic rings. The van der Waals surface area contributed by atoms with Crippen LogP contribution in [-0.2, 0) is 17.6 Å². The van der Waals surface area contributed by atoms with E-state index in [1.54, 1.807) is 24.3 Å². The van der Waals surface area contributed by atoms with Crippen molar-refractivity contribution in [2.75, 3.05) is 5.32 Å². The minimum atomic E-state index is -0.897. The second-order valence-electron chi connectivity index (χ2n) is 5.00. The Bertz CT molecular complexity index is 694. The fourth-order valence-electron chi connectivity index (χ4n) is 2.11. The van der Waals surface area contributed by atoms with E-state index in [0.29, 0.717) is 16.1 Å². The highest BCUT2D eigenvalue weighted by molar-refractivity contribution is 7.13. The normalized spacial score (nSPS) is 10.5. The summed E-state index contributed by atoms with van der Waals surface area (Å²) in [6.07, 6.45) is 1.79. The average molecular weight is 318 g/mol. The predicted octanol–water partition coefficient (Wildman–Crippen LogP) is 3.28. The summed E-state index contributed by atoms with van der Waals surface area (Å²) >= 11 is 1.41. The van der Waals surface area contributed by atoms with Gasteiger partial charge in [0.1, 0.15) is 4.88 Å². The maximum atomic E-state index is 12.3. The van der Waals surface area contributed by atoms with Gasteiger partial charge in [-0.1, -0.05) is 19.1 Å². The molecule has 1 heterocycles. The first kappa shape index (κ1) is 16.2. The number of hydrogen-bond donors (Lipinski definition) is 2. The summed E-state index contributed by atoms with van der Waals surface area (Å²) in [5.41, 5.74) is 1.97. The van der Waals surface area contributed by atoms with Crippen molar-refractivity contribution >= 4 is 28.9 Å². The second-order valence-corrected chi connectivity index (χ2v) is 6.08. The Kier molecular flexibility index (Phi) is 5.27. The molecule has 22 heavy (non-hydrogen) atoms. The van der Waals surface area contributed by atoms with E-state index < -0.39 is 5.97 Å². The molecule has 0 saturated carbocycles. The molecule has 0 aliphatic carbocycles. The summed E-state index contributed by atoms with van der Waals surface area (Å²) in [5.74, 6) is -1.10. The van der Waals surface area contributed by atoms with Crippen LogP contribution in [0.4, 0.5) is 5.69 Å². The van der Waals surface area contributed by atoms with Crippen LogP contribution >= 0.6 is 11.3 Å². The van der Waals surface area contributed by atoms with Crippen LogP contribution in [-0.4, -0.2) is 22.0 Å². The molecule has 5 nitrogen and oxygen atoms in total. The van der Waals surface area contributed by atoms with Crippen molar-refractivity contribution in [3.05, 3.63) is 45.4 Å². The molecule has 2 aromatic rings. The van der Waals surface area contributed by atoms with Crippen LogP contribution in [0, 0.1) is 6.92 Å². The van der Waals surface area contributed by atoms with Gasteiger partial charge in [0.2, 0.25) is 0 Å². The lowest BCUT2D eigenvalue weighted by Crippen LogP contribution is -2.12. The first-order valence-electron chi connectivity index (χ1n) is 7.08. The molecule has 116 valence electrons. The van der Waals surface area contributed by atoms with Crippen molar-refractivity contribution in [1.29, 1.82) is 0 Å². The van der Waals surface area contributed by atoms with Gasteiger partial charge in [-0.25, -0.2) is 4.98 Å². The monoisotopic (exact) mass is 318 g/mol. The van der Waals surface area contributed by atoms with E-state index in [2.05, 4.69) is 17.2 Å². The number of carbonyl (C=O) groups is 2. The molecule has 1 amide bonds. The molecule has 1 aromatic heterocycles. The smallest absolute Gasteiger partial charge is 0.307 e. The Balaban J connectivity index is 2.13. The standard InChI is InChI=1S/C16H18N2O3S/c1-3-5-13-17-10(2)15(22-13)16(21)18-12-7-4-6-11(8-12)9-14(19)20/h4,6-8H,3,5,9H2,1-2H3,(H,18,21)(H,19,20). The summed E-state index contributed by atoms with van der Waals surface area (Å²) in [6.45, 7) is 3.90. The minimum Gasteiger partial charge on any atom is -0.481 e. The van der Waals surface area contributed by atoms with Gasteiger partial charge in [0.15, 0.2) is 0 Å². The van der Waals surface area contributed by atoms with Crippen LogP contribution in [0.2, 0.25) is 0 Å². The minimum absolute atomic E-state index is 0.0655. The number of rotatable bonds is 6. The number of carbonyl (C=O) groups excluding carboxylic acids is 1. The molecule has 6 heteroatoms. The summed E-state index contributed by atoms with van der Waals surface area (Å²) in [5, 5.41) is 12.6. The predicted molar refractivity (Wildman–Crippen MR) is 86.6 cm³/mol. The summed E-state index contributed by atoms with van der Waals surface area (Å²) < 4.78 is 0. The number of nitrogens with one attached hydrogen (secondary N) is 1. The third-order valence-electron chi connectivity index (χ3n) is 3.05. The van der Waals surface area contributed by atoms with Gasteiger partial charge >= 0.3 is 5.97 Å². The molecule has 0 bridgehead atoms. The topological polar surface area (TPSA) is 79.3 Å². The number of aryl methyl sites for hydroxylation is 2. The highest BCUT2D eigenvalue weighted by Gasteiger charge is 2.15. The van der Waals surface area contributed by atoms with Gasteiger partial charge < -0.3 is 10.4 Å². The second kappa shape index (κ2) is 7.17. The number of carboxylic acids is 1. The van der Waals surface area contributed by atoms with E-state index in [-0.39, 0.29) is 12.3 Å². The molecule has 1 aromatic carbocycles. The van der Waals surface area contributed by atoms with Crippen LogP contribution in [0.25, 0.3) is 0 Å². The SMILES string of the molecule is CCCc1nc(C)c(C(=O)Nc2cccc(CC(=O)O)c2)s1. The van der Waals surface area contributed by atoms with E-state index in [0.717, 1.165) is 23.5 Å². The maximum absolute atomic E-state index is 12.3. The van der Waals surface area contributed by atoms with Crippen molar-refractivity contribution in [3.8, 4) is 0 Å². The number of anilines is 1. The van der Waals surface area contributed by atoms with E-state index in [1.807, 2.05) is 6.92 Å². The number of carboxylic acid groups (broad SMARTS) is 1. The molecule has 0 radical (unpaired) electrons. The van der Waals surface area contributed by atoms with Crippen LogP contribution in [0.3, 0.4) is 0 Å². The fourth-order valence-corrected chi connectivity index (χ4v) is 3.17.